The van der Waals surface area contributed by atoms with Gasteiger partial charge < -0.3 is 9.94 Å². The largest absolute Gasteiger partial charge is 0.593 e. The summed E-state index contributed by atoms with van der Waals surface area (Å²) in [7, 11) is -6.87. The van der Waals surface area contributed by atoms with Crippen LogP contribution in [0.4, 0.5) is 0 Å². The van der Waals surface area contributed by atoms with Crippen LogP contribution >= 0.6 is 0 Å². The predicted molar refractivity (Wildman–Crippen MR) is 100 cm³/mol. The van der Waals surface area contributed by atoms with Gasteiger partial charge in [-0.15, -0.1) is 0 Å². The topological polar surface area (TPSA) is 134 Å². The lowest BCUT2D eigenvalue weighted by Gasteiger charge is -2.20. The molecule has 1 aromatic carbocycles. The maximum atomic E-state index is 12.7. The second kappa shape index (κ2) is 8.07. The lowest BCUT2D eigenvalue weighted by molar-refractivity contribution is -0.711. The summed E-state index contributed by atoms with van der Waals surface area (Å²) in [5.74, 6) is -0.623. The number of benzene rings is 1. The molecule has 3 rings (SSSR count). The van der Waals surface area contributed by atoms with E-state index in [2.05, 4.69) is 9.84 Å². The summed E-state index contributed by atoms with van der Waals surface area (Å²) in [4.78, 5) is 11.1. The van der Waals surface area contributed by atoms with E-state index in [1.807, 2.05) is 0 Å². The number of hydrogen-bond donors (Lipinski definition) is 0. The van der Waals surface area contributed by atoms with Crippen LogP contribution in [0.25, 0.3) is 0 Å². The van der Waals surface area contributed by atoms with Gasteiger partial charge in [-0.3, -0.25) is 0 Å². The molecule has 1 fully saturated rings. The monoisotopic (exact) mass is 440 g/mol. The Morgan fingerprint density at radius 1 is 1.03 bits per heavy atom. The van der Waals surface area contributed by atoms with Crippen LogP contribution < -0.4 is 4.85 Å². The molecule has 0 spiro atoms. The van der Waals surface area contributed by atoms with Gasteiger partial charge in [0.2, 0.25) is 24.7 Å². The van der Waals surface area contributed by atoms with Gasteiger partial charge in [0.25, 0.3) is 0 Å². The molecule has 0 unspecified atom stereocenters. The zero-order valence-electron chi connectivity index (χ0n) is 15.6. The van der Waals surface area contributed by atoms with Gasteiger partial charge in [0.1, 0.15) is 0 Å². The van der Waals surface area contributed by atoms with Crippen molar-refractivity contribution in [1.82, 2.24) is 5.10 Å². The molecule has 0 aliphatic heterocycles. The van der Waals surface area contributed by atoms with Crippen molar-refractivity contribution in [3.63, 3.8) is 0 Å². The minimum atomic E-state index is -4.18. The van der Waals surface area contributed by atoms with Crippen molar-refractivity contribution in [2.45, 2.75) is 52.3 Å². The third kappa shape index (κ3) is 4.10. The number of carbonyl (C=O) groups excluding carboxylic acids is 1. The molecule has 156 valence electrons. The van der Waals surface area contributed by atoms with E-state index in [9.17, 15) is 26.8 Å². The Morgan fingerprint density at radius 3 is 2.21 bits per heavy atom. The Bertz CT molecular complexity index is 1120. The smallest absolute Gasteiger partial charge is 0.337 e. The van der Waals surface area contributed by atoms with Crippen molar-refractivity contribution >= 4 is 25.6 Å². The van der Waals surface area contributed by atoms with Crippen LogP contribution in [0.15, 0.2) is 51.3 Å². The average molecular weight is 440 g/mol. The van der Waals surface area contributed by atoms with Crippen LogP contribution in [0.5, 0.6) is 0 Å². The third-order valence-corrected chi connectivity index (χ3v) is 8.78. The number of nitrogens with zero attached hydrogens (tertiary/aromatic N) is 2. The highest BCUT2D eigenvalue weighted by molar-refractivity contribution is 7.92. The van der Waals surface area contributed by atoms with E-state index >= 15 is 0 Å². The van der Waals surface area contributed by atoms with E-state index in [0.717, 1.165) is 31.4 Å². The lowest BCUT2D eigenvalue weighted by atomic mass is 10.0. The summed E-state index contributed by atoms with van der Waals surface area (Å²) in [5, 5.41) is 14.0. The van der Waals surface area contributed by atoms with Crippen molar-refractivity contribution in [1.29, 1.82) is 0 Å². The van der Waals surface area contributed by atoms with Gasteiger partial charge in [0.05, 0.1) is 22.8 Å². The number of aromatic nitrogens is 2. The molecule has 1 heterocycles. The summed E-state index contributed by atoms with van der Waals surface area (Å²) in [6.45, 7) is 0. The van der Waals surface area contributed by atoms with E-state index in [-0.39, 0.29) is 15.3 Å². The first-order valence-electron chi connectivity index (χ1n) is 8.96. The summed E-state index contributed by atoms with van der Waals surface area (Å²) in [6.07, 6.45) is 3.42. The number of carbonyl (C=O) groups is 1. The van der Waals surface area contributed by atoms with Crippen LogP contribution in [0.2, 0.25) is 0 Å². The van der Waals surface area contributed by atoms with Gasteiger partial charge in [-0.1, -0.05) is 19.3 Å². The minimum Gasteiger partial charge on any atom is -0.593 e. The Labute approximate surface area is 168 Å². The molecule has 1 aliphatic rings. The highest BCUT2D eigenvalue weighted by Gasteiger charge is 2.36. The number of ether oxygens (including phenoxy) is 1. The van der Waals surface area contributed by atoms with Crippen molar-refractivity contribution < 1.29 is 31.2 Å². The molecule has 1 aliphatic carbocycles. The molecule has 0 radical (unpaired) electrons. The second-order valence-corrected chi connectivity index (χ2v) is 10.8. The van der Waals surface area contributed by atoms with Crippen LogP contribution in [0.3, 0.4) is 0 Å². The Hall–Kier alpha value is -2.53. The molecule has 11 heteroatoms. The second-order valence-electron chi connectivity index (χ2n) is 6.71. The summed E-state index contributed by atoms with van der Waals surface area (Å²) in [6, 6.07) is 6.90. The molecule has 29 heavy (non-hydrogen) atoms. The van der Waals surface area contributed by atoms with E-state index in [1.165, 1.54) is 31.4 Å². The molecule has 2 aromatic rings. The fourth-order valence-corrected chi connectivity index (χ4v) is 6.26. The van der Waals surface area contributed by atoms with Gasteiger partial charge in [0, 0.05) is 11.2 Å². The number of sulfone groups is 2. The Morgan fingerprint density at radius 2 is 1.66 bits per heavy atom. The zero-order valence-corrected chi connectivity index (χ0v) is 17.3. The summed E-state index contributed by atoms with van der Waals surface area (Å²) >= 11 is 0. The van der Waals surface area contributed by atoms with Crippen molar-refractivity contribution in [3.8, 4) is 0 Å². The maximum Gasteiger partial charge on any atom is 0.337 e. The quantitative estimate of drug-likeness (QED) is 0.387. The highest BCUT2D eigenvalue weighted by atomic mass is 32.2. The molecule has 0 bridgehead atoms. The van der Waals surface area contributed by atoms with Crippen LogP contribution in [-0.2, 0) is 24.4 Å². The SMILES string of the molecule is COC(=O)c1ccc(S(=O)(=O)c2ccc(S(=O)(=O)C3CCCCC3)[n+]([O-])n2)cc1. The highest BCUT2D eigenvalue weighted by Crippen LogP contribution is 2.27. The molecule has 1 saturated carbocycles. The maximum absolute atomic E-state index is 12.7. The van der Waals surface area contributed by atoms with Crippen molar-refractivity contribution in [2.75, 3.05) is 7.11 Å². The molecular formula is C18H20N2O7S2. The Kier molecular flexibility index (Phi) is 5.90. The van der Waals surface area contributed by atoms with Gasteiger partial charge in [-0.05, 0) is 48.0 Å². The standard InChI is InChI=1S/C18H20N2O7S2/c1-27-18(21)13-7-9-15(10-8-13)28(23,24)16-11-12-17(20(22)19-16)29(25,26)14-5-3-2-4-6-14/h7-12,14H,2-6H2,1H3. The van der Waals surface area contributed by atoms with Crippen LogP contribution in [0.1, 0.15) is 42.5 Å². The van der Waals surface area contributed by atoms with Crippen molar-refractivity contribution in [2.24, 2.45) is 0 Å². The predicted octanol–water partition coefficient (Wildman–Crippen LogP) is 1.44. The average Bonchev–Trinajstić information content (AvgIpc) is 2.73. The van der Waals surface area contributed by atoms with Gasteiger partial charge >= 0.3 is 11.0 Å². The molecule has 0 amide bonds. The van der Waals surface area contributed by atoms with Crippen LogP contribution in [-0.4, -0.2) is 40.3 Å². The Balaban J connectivity index is 1.93. The first kappa shape index (κ1) is 21.2. The molecule has 0 N–H and O–H groups in total. The fraction of sp³-hybridized carbons (Fsp3) is 0.389. The van der Waals surface area contributed by atoms with Crippen molar-refractivity contribution in [3.05, 3.63) is 47.2 Å². The lowest BCUT2D eigenvalue weighted by Crippen LogP contribution is -2.42. The van der Waals surface area contributed by atoms with E-state index in [1.54, 1.807) is 0 Å². The number of esters is 1. The van der Waals surface area contributed by atoms with E-state index in [4.69, 9.17) is 0 Å². The molecule has 0 atom stereocenters. The van der Waals surface area contributed by atoms with Gasteiger partial charge in [-0.25, -0.2) is 21.6 Å². The molecule has 1 aromatic heterocycles. The normalized spacial score (nSPS) is 15.8. The first-order chi connectivity index (χ1) is 13.7. The van der Waals surface area contributed by atoms with E-state index in [0.29, 0.717) is 12.8 Å². The fourth-order valence-electron chi connectivity index (χ4n) is 3.28. The molecule has 9 nitrogen and oxygen atoms in total. The zero-order chi connectivity index (χ0) is 21.2. The van der Waals surface area contributed by atoms with Gasteiger partial charge in [-0.2, -0.15) is 0 Å². The first-order valence-corrected chi connectivity index (χ1v) is 12.0. The molecular weight excluding hydrogens is 420 g/mol. The summed E-state index contributed by atoms with van der Waals surface area (Å²) in [5.41, 5.74) is 0.159. The number of rotatable bonds is 5. The van der Waals surface area contributed by atoms with E-state index < -0.39 is 40.9 Å². The minimum absolute atomic E-state index is 0.139. The molecule has 0 saturated heterocycles. The summed E-state index contributed by atoms with van der Waals surface area (Å²) < 4.78 is 55.4. The number of hydrogen-bond acceptors (Lipinski definition) is 8. The number of methoxy groups -OCH3 is 1. The third-order valence-electron chi connectivity index (χ3n) is 4.89. The van der Waals surface area contributed by atoms with Gasteiger partial charge in [0.15, 0.2) is 0 Å². The van der Waals surface area contributed by atoms with Crippen LogP contribution in [0, 0.1) is 5.21 Å².